The van der Waals surface area contributed by atoms with E-state index in [2.05, 4.69) is 43.1 Å². The van der Waals surface area contributed by atoms with Gasteiger partial charge in [0, 0.05) is 5.54 Å². The molecule has 1 aliphatic rings. The molecule has 0 aliphatic heterocycles. The number of likely N-dealkylation sites (N-methyl/N-ethyl adjacent to an activating group) is 1. The SMILES string of the molecule is CCNC1(CO)CCCC1CCN(CC)CCCN(C)C. The van der Waals surface area contributed by atoms with Crippen LogP contribution in [0.1, 0.15) is 46.0 Å². The molecule has 2 N–H and O–H groups in total. The van der Waals surface area contributed by atoms with Crippen LogP contribution in [-0.4, -0.2) is 73.9 Å². The molecule has 21 heavy (non-hydrogen) atoms. The molecule has 1 aliphatic carbocycles. The molecule has 0 aromatic heterocycles. The first-order valence-corrected chi connectivity index (χ1v) is 8.81. The van der Waals surface area contributed by atoms with Crippen molar-refractivity contribution < 1.29 is 5.11 Å². The molecular formula is C17H37N3O. The second-order valence-corrected chi connectivity index (χ2v) is 6.81. The van der Waals surface area contributed by atoms with Gasteiger partial charge in [-0.2, -0.15) is 0 Å². The van der Waals surface area contributed by atoms with Gasteiger partial charge in [-0.05, 0) is 78.4 Å². The summed E-state index contributed by atoms with van der Waals surface area (Å²) in [7, 11) is 4.28. The molecule has 0 radical (unpaired) electrons. The van der Waals surface area contributed by atoms with Gasteiger partial charge in [-0.3, -0.25) is 0 Å². The van der Waals surface area contributed by atoms with Crippen LogP contribution in [0.3, 0.4) is 0 Å². The van der Waals surface area contributed by atoms with Crippen LogP contribution in [0, 0.1) is 5.92 Å². The third-order valence-corrected chi connectivity index (χ3v) is 5.09. The summed E-state index contributed by atoms with van der Waals surface area (Å²) in [6.45, 7) is 10.3. The summed E-state index contributed by atoms with van der Waals surface area (Å²) in [4.78, 5) is 4.82. The molecule has 126 valence electrons. The quantitative estimate of drug-likeness (QED) is 0.610. The number of nitrogens with zero attached hydrogens (tertiary/aromatic N) is 2. The summed E-state index contributed by atoms with van der Waals surface area (Å²) in [6.07, 6.45) is 6.11. The van der Waals surface area contributed by atoms with E-state index < -0.39 is 0 Å². The van der Waals surface area contributed by atoms with Crippen molar-refractivity contribution in [1.29, 1.82) is 0 Å². The van der Waals surface area contributed by atoms with E-state index in [1.165, 1.54) is 38.8 Å². The number of hydrogen-bond acceptors (Lipinski definition) is 4. The minimum absolute atomic E-state index is 0.00218. The van der Waals surface area contributed by atoms with Crippen molar-refractivity contribution in [3.63, 3.8) is 0 Å². The third-order valence-electron chi connectivity index (χ3n) is 5.09. The number of aliphatic hydroxyl groups is 1. The van der Waals surface area contributed by atoms with Crippen molar-refractivity contribution in [2.24, 2.45) is 5.92 Å². The lowest BCUT2D eigenvalue weighted by molar-refractivity contribution is 0.112. The summed E-state index contributed by atoms with van der Waals surface area (Å²) in [5, 5.41) is 13.4. The van der Waals surface area contributed by atoms with E-state index >= 15 is 0 Å². The van der Waals surface area contributed by atoms with Gasteiger partial charge < -0.3 is 20.2 Å². The lowest BCUT2D eigenvalue weighted by Gasteiger charge is -2.36. The molecule has 0 bridgehead atoms. The normalized spacial score (nSPS) is 26.1. The Morgan fingerprint density at radius 1 is 1.19 bits per heavy atom. The van der Waals surface area contributed by atoms with E-state index in [1.807, 2.05) is 0 Å². The van der Waals surface area contributed by atoms with Crippen LogP contribution in [0.2, 0.25) is 0 Å². The highest BCUT2D eigenvalue weighted by molar-refractivity contribution is 4.98. The fourth-order valence-corrected chi connectivity index (χ4v) is 3.79. The van der Waals surface area contributed by atoms with Gasteiger partial charge >= 0.3 is 0 Å². The van der Waals surface area contributed by atoms with Crippen LogP contribution >= 0.6 is 0 Å². The standard InChI is InChI=1S/C17H37N3O/c1-5-18-17(15-21)11-7-9-16(17)10-14-20(6-2)13-8-12-19(3)4/h16,18,21H,5-15H2,1-4H3. The molecule has 1 saturated carbocycles. The van der Waals surface area contributed by atoms with Crippen molar-refractivity contribution in [3.05, 3.63) is 0 Å². The van der Waals surface area contributed by atoms with Crippen molar-refractivity contribution in [2.45, 2.75) is 51.5 Å². The summed E-state index contributed by atoms with van der Waals surface area (Å²) in [6, 6.07) is 0. The molecule has 2 unspecified atom stereocenters. The molecule has 4 heteroatoms. The van der Waals surface area contributed by atoms with E-state index in [0.717, 1.165) is 26.1 Å². The number of hydrogen-bond donors (Lipinski definition) is 2. The van der Waals surface area contributed by atoms with Gasteiger partial charge in [0.25, 0.3) is 0 Å². The molecule has 0 saturated heterocycles. The Hall–Kier alpha value is -0.160. The zero-order chi connectivity index (χ0) is 15.7. The third kappa shape index (κ3) is 5.85. The Balaban J connectivity index is 2.40. The van der Waals surface area contributed by atoms with E-state index in [9.17, 15) is 5.11 Å². The Labute approximate surface area is 131 Å². The Kier molecular flexibility index (Phi) is 8.79. The highest BCUT2D eigenvalue weighted by atomic mass is 16.3. The van der Waals surface area contributed by atoms with Gasteiger partial charge in [0.2, 0.25) is 0 Å². The minimum atomic E-state index is -0.00218. The topological polar surface area (TPSA) is 38.7 Å². The van der Waals surface area contributed by atoms with Gasteiger partial charge in [0.05, 0.1) is 6.61 Å². The minimum Gasteiger partial charge on any atom is -0.394 e. The molecule has 0 aromatic rings. The Morgan fingerprint density at radius 3 is 2.52 bits per heavy atom. The van der Waals surface area contributed by atoms with Crippen LogP contribution in [0.15, 0.2) is 0 Å². The lowest BCUT2D eigenvalue weighted by atomic mass is 9.85. The largest absolute Gasteiger partial charge is 0.394 e. The second kappa shape index (κ2) is 9.78. The van der Waals surface area contributed by atoms with Gasteiger partial charge in [-0.1, -0.05) is 20.3 Å². The molecule has 2 atom stereocenters. The first-order chi connectivity index (χ1) is 10.1. The zero-order valence-electron chi connectivity index (χ0n) is 14.7. The maximum atomic E-state index is 9.86. The Morgan fingerprint density at radius 2 is 1.95 bits per heavy atom. The molecule has 1 rings (SSSR count). The predicted molar refractivity (Wildman–Crippen MR) is 90.7 cm³/mol. The Bertz CT molecular complexity index is 273. The number of nitrogens with one attached hydrogen (secondary N) is 1. The van der Waals surface area contributed by atoms with E-state index in [-0.39, 0.29) is 12.1 Å². The maximum absolute atomic E-state index is 9.86. The molecule has 4 nitrogen and oxygen atoms in total. The van der Waals surface area contributed by atoms with Crippen molar-refractivity contribution >= 4 is 0 Å². The fourth-order valence-electron chi connectivity index (χ4n) is 3.79. The first kappa shape index (κ1) is 18.9. The van der Waals surface area contributed by atoms with Crippen LogP contribution in [-0.2, 0) is 0 Å². The van der Waals surface area contributed by atoms with Crippen LogP contribution in [0.25, 0.3) is 0 Å². The van der Waals surface area contributed by atoms with E-state index in [0.29, 0.717) is 5.92 Å². The molecular weight excluding hydrogens is 262 g/mol. The van der Waals surface area contributed by atoms with Crippen LogP contribution in [0.5, 0.6) is 0 Å². The van der Waals surface area contributed by atoms with E-state index in [4.69, 9.17) is 0 Å². The van der Waals surface area contributed by atoms with Crippen molar-refractivity contribution in [1.82, 2.24) is 15.1 Å². The maximum Gasteiger partial charge on any atom is 0.0616 e. The zero-order valence-corrected chi connectivity index (χ0v) is 14.7. The van der Waals surface area contributed by atoms with Crippen LogP contribution < -0.4 is 5.32 Å². The van der Waals surface area contributed by atoms with Crippen molar-refractivity contribution in [3.8, 4) is 0 Å². The van der Waals surface area contributed by atoms with Crippen molar-refractivity contribution in [2.75, 3.05) is 53.4 Å². The number of rotatable bonds is 11. The summed E-state index contributed by atoms with van der Waals surface area (Å²) in [5.41, 5.74) is -0.00218. The van der Waals surface area contributed by atoms with Gasteiger partial charge in [0.1, 0.15) is 0 Å². The van der Waals surface area contributed by atoms with Crippen LogP contribution in [0.4, 0.5) is 0 Å². The molecule has 0 spiro atoms. The summed E-state index contributed by atoms with van der Waals surface area (Å²) >= 11 is 0. The summed E-state index contributed by atoms with van der Waals surface area (Å²) in [5.74, 6) is 0.630. The predicted octanol–water partition coefficient (Wildman–Crippen LogP) is 1.79. The average molecular weight is 300 g/mol. The molecule has 0 heterocycles. The highest BCUT2D eigenvalue weighted by Crippen LogP contribution is 2.37. The first-order valence-electron chi connectivity index (χ1n) is 8.81. The van der Waals surface area contributed by atoms with E-state index in [1.54, 1.807) is 0 Å². The van der Waals surface area contributed by atoms with Gasteiger partial charge in [-0.15, -0.1) is 0 Å². The smallest absolute Gasteiger partial charge is 0.0616 e. The molecule has 0 amide bonds. The average Bonchev–Trinajstić information content (AvgIpc) is 2.86. The highest BCUT2D eigenvalue weighted by Gasteiger charge is 2.41. The second-order valence-electron chi connectivity index (χ2n) is 6.81. The van der Waals surface area contributed by atoms with Gasteiger partial charge in [-0.25, -0.2) is 0 Å². The number of aliphatic hydroxyl groups excluding tert-OH is 1. The fraction of sp³-hybridized carbons (Fsp3) is 1.00. The van der Waals surface area contributed by atoms with Gasteiger partial charge in [0.15, 0.2) is 0 Å². The summed E-state index contributed by atoms with van der Waals surface area (Å²) < 4.78 is 0. The monoisotopic (exact) mass is 299 g/mol. The lowest BCUT2D eigenvalue weighted by Crippen LogP contribution is -2.52. The molecule has 1 fully saturated rings. The molecule has 0 aromatic carbocycles.